The molecule has 0 fully saturated rings. The Morgan fingerprint density at radius 3 is 1.74 bits per heavy atom. The molecule has 2 aliphatic rings. The first-order valence-corrected chi connectivity index (χ1v) is 15.7. The van der Waals surface area contributed by atoms with E-state index in [9.17, 15) is 0 Å². The third-order valence-electron chi connectivity index (χ3n) is 7.10. The van der Waals surface area contributed by atoms with E-state index in [0.717, 1.165) is 16.9 Å². The molecule has 0 saturated carbocycles. The molecular weight excluding hydrogens is 514 g/mol. The number of aromatic nitrogens is 1. The van der Waals surface area contributed by atoms with Crippen LogP contribution in [0.5, 0.6) is 5.75 Å². The van der Waals surface area contributed by atoms with Gasteiger partial charge < -0.3 is 14.3 Å². The van der Waals surface area contributed by atoms with Gasteiger partial charge in [0.25, 0.3) is 5.82 Å². The van der Waals surface area contributed by atoms with Crippen LogP contribution >= 0.6 is 0 Å². The number of nitrogens with zero attached hydrogens (tertiary/aromatic N) is 4. The lowest BCUT2D eigenvalue weighted by Gasteiger charge is -2.24. The fraction of sp³-hybridized carbons (Fsp3) is 0.343. The molecule has 0 atom stereocenters. The summed E-state index contributed by atoms with van der Waals surface area (Å²) >= 11 is 0. The Balaban J connectivity index is 0.000000713. The molecule has 42 heavy (non-hydrogen) atoms. The maximum atomic E-state index is 6.42. The highest BCUT2D eigenvalue weighted by Crippen LogP contribution is 2.46. The van der Waals surface area contributed by atoms with E-state index in [1.54, 1.807) is 0 Å². The predicted octanol–water partition coefficient (Wildman–Crippen LogP) is 7.13. The number of anilines is 4. The highest BCUT2D eigenvalue weighted by molar-refractivity contribution is 6.83. The van der Waals surface area contributed by atoms with Crippen LogP contribution in [0, 0.1) is 6.92 Å². The first-order valence-electron chi connectivity index (χ1n) is 15.7. The normalized spacial score (nSPS) is 12.2. The standard InChI is InChI=1S/C27H27B2N4O.4C2H6/c1-20-23(17-18-25-26(20)32(4)29(34-25)22-14-9-6-10-15-22)33-27-24(16-11-19-30(27)2)31(3)28(33)21-12-7-5-8-13-21;4*1-2/h5-19H,1-4H3;4*1-2H3/q+1;;;;. The van der Waals surface area contributed by atoms with E-state index in [1.165, 1.54) is 28.2 Å². The van der Waals surface area contributed by atoms with Crippen molar-refractivity contribution in [2.75, 3.05) is 28.5 Å². The van der Waals surface area contributed by atoms with Crippen LogP contribution in [0.3, 0.4) is 0 Å². The van der Waals surface area contributed by atoms with Gasteiger partial charge in [-0.05, 0) is 56.2 Å². The van der Waals surface area contributed by atoms with Crippen LogP contribution < -0.4 is 34.6 Å². The fourth-order valence-corrected chi connectivity index (χ4v) is 5.51. The van der Waals surface area contributed by atoms with E-state index in [1.807, 2.05) is 61.5 Å². The smallest absolute Gasteiger partial charge is 0.536 e. The average Bonchev–Trinajstić information content (AvgIpc) is 3.57. The summed E-state index contributed by atoms with van der Waals surface area (Å²) in [5.74, 6) is 2.11. The molecule has 3 aromatic carbocycles. The fourth-order valence-electron chi connectivity index (χ4n) is 5.51. The molecule has 2 aliphatic heterocycles. The number of fused-ring (bicyclic) bond motifs is 2. The third-order valence-corrected chi connectivity index (χ3v) is 7.10. The molecule has 6 rings (SSSR count). The Kier molecular flexibility index (Phi) is 13.5. The van der Waals surface area contributed by atoms with Gasteiger partial charge in [0.2, 0.25) is 0 Å². The second-order valence-corrected chi connectivity index (χ2v) is 9.14. The first kappa shape index (κ1) is 34.3. The molecule has 0 unspecified atom stereocenters. The number of hydrogen-bond acceptors (Lipinski definition) is 4. The molecule has 0 radical (unpaired) electrons. The number of pyridine rings is 1. The van der Waals surface area contributed by atoms with Crippen LogP contribution in [-0.2, 0) is 7.05 Å². The van der Waals surface area contributed by atoms with Crippen LogP contribution in [0.1, 0.15) is 61.0 Å². The molecule has 1 aromatic heterocycles. The van der Waals surface area contributed by atoms with E-state index in [4.69, 9.17) is 4.65 Å². The van der Waals surface area contributed by atoms with E-state index < -0.39 is 0 Å². The van der Waals surface area contributed by atoms with Gasteiger partial charge >= 0.3 is 14.0 Å². The summed E-state index contributed by atoms with van der Waals surface area (Å²) in [6.07, 6.45) is 2.12. The van der Waals surface area contributed by atoms with Gasteiger partial charge in [-0.2, -0.15) is 0 Å². The monoisotopic (exact) mass is 565 g/mol. The third kappa shape index (κ3) is 6.46. The summed E-state index contributed by atoms with van der Waals surface area (Å²) in [5.41, 5.74) is 7.17. The minimum Gasteiger partial charge on any atom is -0.536 e. The Hall–Kier alpha value is -3.86. The average molecular weight is 565 g/mol. The molecule has 0 aliphatic carbocycles. The van der Waals surface area contributed by atoms with Crippen molar-refractivity contribution in [3.8, 4) is 5.75 Å². The Morgan fingerprint density at radius 1 is 0.619 bits per heavy atom. The van der Waals surface area contributed by atoms with Crippen molar-refractivity contribution in [1.29, 1.82) is 0 Å². The largest absolute Gasteiger partial charge is 0.537 e. The molecule has 4 aromatic rings. The van der Waals surface area contributed by atoms with Crippen molar-refractivity contribution in [3.63, 3.8) is 0 Å². The highest BCUT2D eigenvalue weighted by Gasteiger charge is 2.51. The summed E-state index contributed by atoms with van der Waals surface area (Å²) in [5, 5.41) is 0. The number of aryl methyl sites for hydroxylation is 1. The quantitative estimate of drug-likeness (QED) is 0.195. The summed E-state index contributed by atoms with van der Waals surface area (Å²) in [7, 11) is 6.30. The first-order chi connectivity index (χ1) is 20.6. The minimum atomic E-state index is -0.125. The maximum Gasteiger partial charge on any atom is 0.537 e. The topological polar surface area (TPSA) is 22.8 Å². The molecule has 7 heteroatoms. The van der Waals surface area contributed by atoms with Gasteiger partial charge in [0.15, 0.2) is 0 Å². The van der Waals surface area contributed by atoms with Gasteiger partial charge in [-0.3, -0.25) is 4.81 Å². The zero-order chi connectivity index (χ0) is 31.4. The van der Waals surface area contributed by atoms with Crippen molar-refractivity contribution in [2.45, 2.75) is 62.3 Å². The van der Waals surface area contributed by atoms with Crippen molar-refractivity contribution >= 4 is 47.8 Å². The van der Waals surface area contributed by atoms with Gasteiger partial charge in [-0.1, -0.05) is 116 Å². The van der Waals surface area contributed by atoms with Crippen LogP contribution in [0.25, 0.3) is 0 Å². The van der Waals surface area contributed by atoms with Crippen LogP contribution in [0.4, 0.5) is 22.9 Å². The van der Waals surface area contributed by atoms with Gasteiger partial charge in [0.05, 0.1) is 18.9 Å². The summed E-state index contributed by atoms with van der Waals surface area (Å²) in [6.45, 7) is 18.3. The lowest BCUT2D eigenvalue weighted by Crippen LogP contribution is -2.54. The molecule has 222 valence electrons. The van der Waals surface area contributed by atoms with Gasteiger partial charge in [0.1, 0.15) is 17.1 Å². The van der Waals surface area contributed by atoms with Crippen LogP contribution in [0.2, 0.25) is 0 Å². The maximum absolute atomic E-state index is 6.42. The van der Waals surface area contributed by atoms with E-state index in [0.29, 0.717) is 0 Å². The number of hydrogen-bond donors (Lipinski definition) is 0. The molecular formula is C35H51B2N4O+. The molecule has 0 spiro atoms. The zero-order valence-corrected chi connectivity index (χ0v) is 28.0. The molecule has 5 nitrogen and oxygen atoms in total. The Labute approximate surface area is 257 Å². The Bertz CT molecular complexity index is 1370. The second-order valence-electron chi connectivity index (χ2n) is 9.14. The van der Waals surface area contributed by atoms with Gasteiger partial charge in [0, 0.05) is 5.56 Å². The number of benzene rings is 3. The number of rotatable bonds is 3. The van der Waals surface area contributed by atoms with E-state index in [-0.39, 0.29) is 14.0 Å². The van der Waals surface area contributed by atoms with Crippen molar-refractivity contribution in [1.82, 2.24) is 0 Å². The predicted molar refractivity (Wildman–Crippen MR) is 187 cm³/mol. The van der Waals surface area contributed by atoms with E-state index >= 15 is 0 Å². The lowest BCUT2D eigenvalue weighted by molar-refractivity contribution is -0.657. The van der Waals surface area contributed by atoms with Gasteiger partial charge in [-0.25, -0.2) is 4.57 Å². The van der Waals surface area contributed by atoms with Crippen LogP contribution in [-0.4, -0.2) is 28.1 Å². The second kappa shape index (κ2) is 16.5. The highest BCUT2D eigenvalue weighted by atomic mass is 16.5. The van der Waals surface area contributed by atoms with Crippen molar-refractivity contribution in [2.24, 2.45) is 7.05 Å². The zero-order valence-electron chi connectivity index (χ0n) is 28.0. The summed E-state index contributed by atoms with van der Waals surface area (Å²) in [4.78, 5) is 7.08. The van der Waals surface area contributed by atoms with Crippen molar-refractivity contribution < 1.29 is 9.22 Å². The molecule has 0 bridgehead atoms. The van der Waals surface area contributed by atoms with Crippen LogP contribution in [0.15, 0.2) is 91.1 Å². The van der Waals surface area contributed by atoms with E-state index in [2.05, 4.69) is 132 Å². The molecule has 0 amide bonds. The minimum absolute atomic E-state index is 0.0547. The summed E-state index contributed by atoms with van der Waals surface area (Å²) in [6, 6.07) is 29.8. The van der Waals surface area contributed by atoms with Gasteiger partial charge in [-0.15, -0.1) is 0 Å². The van der Waals surface area contributed by atoms with Crippen molar-refractivity contribution in [3.05, 3.63) is 96.7 Å². The molecule has 0 saturated heterocycles. The summed E-state index contributed by atoms with van der Waals surface area (Å²) < 4.78 is 8.64. The molecule has 0 N–H and O–H groups in total. The SMILES string of the molecule is CC.CC.CC.CC.Cc1c(N2B(c3ccccc3)N(C)c3ccc[n+](C)c32)ccc2c1N(C)B(c1ccccc1)O2. The Morgan fingerprint density at radius 2 is 1.17 bits per heavy atom. The lowest BCUT2D eigenvalue weighted by atomic mass is 9.65. The molecule has 3 heterocycles.